The summed E-state index contributed by atoms with van der Waals surface area (Å²) in [6.07, 6.45) is 4.14. The number of amides is 1. The van der Waals surface area contributed by atoms with Gasteiger partial charge in [0.15, 0.2) is 0 Å². The van der Waals surface area contributed by atoms with Crippen LogP contribution in [0.5, 0.6) is 0 Å². The monoisotopic (exact) mass is 458 g/mol. The maximum atomic E-state index is 12.7. The highest BCUT2D eigenvalue weighted by Gasteiger charge is 2.27. The molecule has 0 bridgehead atoms. The van der Waals surface area contributed by atoms with Crippen molar-refractivity contribution in [3.63, 3.8) is 0 Å². The maximum absolute atomic E-state index is 12.7. The van der Waals surface area contributed by atoms with E-state index in [1.165, 1.54) is 30.9 Å². The van der Waals surface area contributed by atoms with Crippen molar-refractivity contribution >= 4 is 22.4 Å². The summed E-state index contributed by atoms with van der Waals surface area (Å²) in [5.41, 5.74) is 2.34. The Labute approximate surface area is 196 Å². The van der Waals surface area contributed by atoms with Crippen LogP contribution in [0.1, 0.15) is 50.9 Å². The van der Waals surface area contributed by atoms with Crippen LogP contribution in [0.2, 0.25) is 0 Å². The van der Waals surface area contributed by atoms with Gasteiger partial charge in [-0.1, -0.05) is 25.2 Å². The van der Waals surface area contributed by atoms with Crippen LogP contribution >= 0.6 is 11.3 Å². The normalized spacial score (nSPS) is 22.9. The van der Waals surface area contributed by atoms with Crippen LogP contribution in [-0.2, 0) is 4.79 Å². The number of likely N-dealkylation sites (tertiary alicyclic amines) is 1. The van der Waals surface area contributed by atoms with Crippen LogP contribution in [0.25, 0.3) is 5.13 Å². The number of rotatable bonds is 7. The molecule has 2 fully saturated rings. The second-order valence-corrected chi connectivity index (χ2v) is 10.9. The molecule has 4 heterocycles. The Morgan fingerprint density at radius 1 is 1.06 bits per heavy atom. The zero-order valence-electron chi connectivity index (χ0n) is 20.0. The lowest BCUT2D eigenvalue weighted by Crippen LogP contribution is -2.42. The second kappa shape index (κ2) is 10.3. The van der Waals surface area contributed by atoms with E-state index in [-0.39, 0.29) is 11.8 Å². The fourth-order valence-corrected chi connectivity index (χ4v) is 6.38. The van der Waals surface area contributed by atoms with Gasteiger partial charge in [-0.25, -0.2) is 0 Å². The van der Waals surface area contributed by atoms with E-state index < -0.39 is 0 Å². The van der Waals surface area contributed by atoms with Crippen molar-refractivity contribution in [3.05, 3.63) is 23.5 Å². The summed E-state index contributed by atoms with van der Waals surface area (Å²) in [6, 6.07) is 4.21. The van der Waals surface area contributed by atoms with Crippen LogP contribution < -0.4 is 10.2 Å². The molecule has 1 amide bonds. The molecule has 0 unspecified atom stereocenters. The van der Waals surface area contributed by atoms with E-state index in [4.69, 9.17) is 0 Å². The number of nitrogens with zero attached hydrogens (tertiary/aromatic N) is 5. The number of carbonyl (C=O) groups excluding carboxylic acids is 1. The van der Waals surface area contributed by atoms with Crippen molar-refractivity contribution < 1.29 is 4.79 Å². The molecule has 4 rings (SSSR count). The van der Waals surface area contributed by atoms with E-state index in [1.54, 1.807) is 11.3 Å². The minimum atomic E-state index is 0.114. The highest BCUT2D eigenvalue weighted by Crippen LogP contribution is 2.29. The Morgan fingerprint density at radius 3 is 2.34 bits per heavy atom. The molecule has 2 aliphatic heterocycles. The molecule has 2 aromatic heterocycles. The third kappa shape index (κ3) is 5.52. The number of aryl methyl sites for hydroxylation is 2. The Hall–Kier alpha value is -1.93. The fraction of sp³-hybridized carbons (Fsp3) is 0.708. The van der Waals surface area contributed by atoms with Gasteiger partial charge < -0.3 is 15.1 Å². The molecule has 0 aromatic carbocycles. The summed E-state index contributed by atoms with van der Waals surface area (Å²) >= 11 is 1.63. The van der Waals surface area contributed by atoms with E-state index >= 15 is 0 Å². The van der Waals surface area contributed by atoms with Gasteiger partial charge in [-0.3, -0.25) is 9.36 Å². The van der Waals surface area contributed by atoms with Crippen molar-refractivity contribution in [1.82, 2.24) is 25.0 Å². The summed E-state index contributed by atoms with van der Waals surface area (Å²) in [5.74, 6) is 1.92. The molecule has 32 heavy (non-hydrogen) atoms. The average Bonchev–Trinajstić information content (AvgIpc) is 3.36. The predicted octanol–water partition coefficient (Wildman–Crippen LogP) is 3.65. The van der Waals surface area contributed by atoms with Crippen LogP contribution in [0.3, 0.4) is 0 Å². The number of anilines is 1. The minimum absolute atomic E-state index is 0.114. The molecular formula is C24H38N6OS. The first-order valence-corrected chi connectivity index (χ1v) is 13.0. The molecule has 2 aromatic rings. The van der Waals surface area contributed by atoms with Crippen LogP contribution in [-0.4, -0.2) is 64.8 Å². The minimum Gasteiger partial charge on any atom is -0.356 e. The third-order valence-corrected chi connectivity index (χ3v) is 7.87. The van der Waals surface area contributed by atoms with Crippen LogP contribution in [0, 0.1) is 31.6 Å². The lowest BCUT2D eigenvalue weighted by atomic mass is 9.92. The summed E-state index contributed by atoms with van der Waals surface area (Å²) in [4.78, 5) is 17.5. The zero-order valence-corrected chi connectivity index (χ0v) is 20.8. The Kier molecular flexibility index (Phi) is 7.51. The molecule has 0 spiro atoms. The number of hydrogen-bond acceptors (Lipinski definition) is 6. The molecule has 7 nitrogen and oxygen atoms in total. The molecular weight excluding hydrogens is 420 g/mol. The maximum Gasteiger partial charge on any atom is 0.223 e. The second-order valence-electron chi connectivity index (χ2n) is 9.93. The van der Waals surface area contributed by atoms with Gasteiger partial charge in [0.05, 0.1) is 0 Å². The van der Waals surface area contributed by atoms with Gasteiger partial charge in [0.25, 0.3) is 0 Å². The molecule has 2 aliphatic rings. The van der Waals surface area contributed by atoms with E-state index in [1.807, 2.05) is 0 Å². The molecule has 0 radical (unpaired) electrons. The number of nitrogens with one attached hydrogen (secondary N) is 1. The molecule has 1 N–H and O–H groups in total. The standard InChI is InChI=1S/C24H38N6OS/c1-17-14-18(2)16-28(15-17)11-5-10-25-22(31)21-8-12-29(13-9-21)23-26-27-24(32-23)30-19(3)6-7-20(30)4/h6-7,17-18,21H,5,8-16H2,1-4H3,(H,25,31)/t17-,18-/m0/s1. The third-order valence-electron chi connectivity index (χ3n) is 6.90. The topological polar surface area (TPSA) is 66.3 Å². The van der Waals surface area contributed by atoms with E-state index in [2.05, 4.69) is 69.7 Å². The van der Waals surface area contributed by atoms with E-state index in [9.17, 15) is 4.79 Å². The molecule has 8 heteroatoms. The van der Waals surface area contributed by atoms with Gasteiger partial charge in [0.2, 0.25) is 16.2 Å². The number of carbonyl (C=O) groups is 1. The first-order chi connectivity index (χ1) is 15.4. The van der Waals surface area contributed by atoms with E-state index in [0.29, 0.717) is 0 Å². The lowest BCUT2D eigenvalue weighted by molar-refractivity contribution is -0.125. The number of aromatic nitrogens is 3. The van der Waals surface area contributed by atoms with Gasteiger partial charge in [-0.15, -0.1) is 10.2 Å². The Balaban J connectivity index is 1.19. The zero-order chi connectivity index (χ0) is 22.7. The molecule has 176 valence electrons. The van der Waals surface area contributed by atoms with Crippen molar-refractivity contribution in [2.75, 3.05) is 44.2 Å². The smallest absolute Gasteiger partial charge is 0.223 e. The number of hydrogen-bond donors (Lipinski definition) is 1. The largest absolute Gasteiger partial charge is 0.356 e. The van der Waals surface area contributed by atoms with Gasteiger partial charge in [0, 0.05) is 50.0 Å². The van der Waals surface area contributed by atoms with Gasteiger partial charge >= 0.3 is 0 Å². The van der Waals surface area contributed by atoms with Crippen molar-refractivity contribution in [2.24, 2.45) is 17.8 Å². The first-order valence-electron chi connectivity index (χ1n) is 12.1. The van der Waals surface area contributed by atoms with Gasteiger partial charge in [-0.2, -0.15) is 0 Å². The van der Waals surface area contributed by atoms with Crippen molar-refractivity contribution in [2.45, 2.75) is 53.4 Å². The first kappa shape index (κ1) is 23.2. The predicted molar refractivity (Wildman–Crippen MR) is 131 cm³/mol. The summed E-state index contributed by atoms with van der Waals surface area (Å²) < 4.78 is 2.15. The van der Waals surface area contributed by atoms with Gasteiger partial charge in [0.1, 0.15) is 0 Å². The lowest BCUT2D eigenvalue weighted by Gasteiger charge is -2.35. The molecule has 2 saturated heterocycles. The van der Waals surface area contributed by atoms with Crippen LogP contribution in [0.4, 0.5) is 5.13 Å². The highest BCUT2D eigenvalue weighted by molar-refractivity contribution is 7.17. The summed E-state index contributed by atoms with van der Waals surface area (Å²) in [6.45, 7) is 14.9. The summed E-state index contributed by atoms with van der Waals surface area (Å²) in [5, 5.41) is 13.9. The Bertz CT molecular complexity index is 871. The van der Waals surface area contributed by atoms with Crippen LogP contribution in [0.15, 0.2) is 12.1 Å². The molecule has 2 atom stereocenters. The number of piperidine rings is 2. The summed E-state index contributed by atoms with van der Waals surface area (Å²) in [7, 11) is 0. The highest BCUT2D eigenvalue weighted by atomic mass is 32.1. The average molecular weight is 459 g/mol. The van der Waals surface area contributed by atoms with E-state index in [0.717, 1.165) is 67.5 Å². The van der Waals surface area contributed by atoms with Gasteiger partial charge in [-0.05, 0) is 70.0 Å². The fourth-order valence-electron chi connectivity index (χ4n) is 5.36. The SMILES string of the molecule is Cc1ccc(C)n1-c1nnc(N2CCC(C(=O)NCCCN3C[C@@H](C)C[C@H](C)C3)CC2)s1. The quantitative estimate of drug-likeness (QED) is 0.642. The molecule has 0 aliphatic carbocycles. The van der Waals surface area contributed by atoms with Crippen molar-refractivity contribution in [1.29, 1.82) is 0 Å². The molecule has 0 saturated carbocycles. The Morgan fingerprint density at radius 2 is 1.69 bits per heavy atom. The van der Waals surface area contributed by atoms with Crippen molar-refractivity contribution in [3.8, 4) is 5.13 Å².